The zero-order chi connectivity index (χ0) is 13.9. The predicted octanol–water partition coefficient (Wildman–Crippen LogP) is 2.66. The number of hydrogen-bond acceptors (Lipinski definition) is 4. The summed E-state index contributed by atoms with van der Waals surface area (Å²) in [6, 6.07) is 7.93. The molecule has 0 radical (unpaired) electrons. The molecule has 2 aromatic rings. The van der Waals surface area contributed by atoms with E-state index >= 15 is 0 Å². The van der Waals surface area contributed by atoms with Crippen LogP contribution in [-0.2, 0) is 4.74 Å². The summed E-state index contributed by atoms with van der Waals surface area (Å²) >= 11 is 6.21. The van der Waals surface area contributed by atoms with Gasteiger partial charge in [0.25, 0.3) is 0 Å². The fraction of sp³-hybridized carbons (Fsp3) is 0.400. The van der Waals surface area contributed by atoms with Crippen LogP contribution in [0.4, 0.5) is 5.69 Å². The van der Waals surface area contributed by atoms with Crippen LogP contribution < -0.4 is 11.1 Å². The van der Waals surface area contributed by atoms with Gasteiger partial charge in [0.2, 0.25) is 0 Å². The van der Waals surface area contributed by atoms with E-state index < -0.39 is 0 Å². The predicted molar refractivity (Wildman–Crippen MR) is 82.1 cm³/mol. The number of nitrogens with one attached hydrogen (secondary N) is 1. The molecule has 1 fully saturated rings. The van der Waals surface area contributed by atoms with Crippen LogP contribution in [0.1, 0.15) is 6.42 Å². The maximum absolute atomic E-state index is 6.21. The van der Waals surface area contributed by atoms with E-state index in [0.717, 1.165) is 36.2 Å². The molecule has 0 bridgehead atoms. The van der Waals surface area contributed by atoms with Gasteiger partial charge in [0.05, 0.1) is 22.8 Å². The molecule has 20 heavy (non-hydrogen) atoms. The van der Waals surface area contributed by atoms with Gasteiger partial charge in [-0.05, 0) is 30.7 Å². The van der Waals surface area contributed by atoms with E-state index in [0.29, 0.717) is 17.5 Å². The van der Waals surface area contributed by atoms with Crippen LogP contribution in [-0.4, -0.2) is 30.8 Å². The third-order valence-corrected chi connectivity index (χ3v) is 4.17. The second-order valence-electron chi connectivity index (χ2n) is 5.10. The highest BCUT2D eigenvalue weighted by Gasteiger charge is 2.25. The zero-order valence-electron chi connectivity index (χ0n) is 11.2. The third-order valence-electron chi connectivity index (χ3n) is 3.85. The number of nitrogens with two attached hydrogens (primary N) is 1. The standard InChI is InChI=1S/C15H18ClN3O/c16-12-3-4-13(15-11(12)2-1-6-18-15)19-14(8-17)10-5-7-20-9-10/h1-4,6,10,14,19H,5,7-9,17H2. The van der Waals surface area contributed by atoms with Gasteiger partial charge in [-0.15, -0.1) is 0 Å². The second kappa shape index (κ2) is 5.95. The van der Waals surface area contributed by atoms with Crippen molar-refractivity contribution < 1.29 is 4.74 Å². The van der Waals surface area contributed by atoms with Crippen molar-refractivity contribution in [3.63, 3.8) is 0 Å². The Morgan fingerprint density at radius 2 is 2.35 bits per heavy atom. The lowest BCUT2D eigenvalue weighted by Gasteiger charge is -2.24. The molecule has 2 atom stereocenters. The normalized spacial score (nSPS) is 20.2. The van der Waals surface area contributed by atoms with E-state index in [1.54, 1.807) is 6.20 Å². The zero-order valence-corrected chi connectivity index (χ0v) is 11.9. The number of ether oxygens (including phenoxy) is 1. The molecule has 2 unspecified atom stereocenters. The van der Waals surface area contributed by atoms with Gasteiger partial charge in [-0.25, -0.2) is 0 Å². The molecule has 1 aliphatic rings. The molecule has 0 spiro atoms. The van der Waals surface area contributed by atoms with Crippen molar-refractivity contribution in [1.82, 2.24) is 4.98 Å². The summed E-state index contributed by atoms with van der Waals surface area (Å²) in [5.74, 6) is 0.453. The maximum Gasteiger partial charge on any atom is 0.0948 e. The molecule has 0 saturated carbocycles. The number of halogens is 1. The topological polar surface area (TPSA) is 60.2 Å². The molecule has 1 aliphatic heterocycles. The average Bonchev–Trinajstić information content (AvgIpc) is 3.01. The highest BCUT2D eigenvalue weighted by molar-refractivity contribution is 6.35. The minimum Gasteiger partial charge on any atom is -0.381 e. The maximum atomic E-state index is 6.21. The monoisotopic (exact) mass is 291 g/mol. The molecule has 3 rings (SSSR count). The first kappa shape index (κ1) is 13.6. The lowest BCUT2D eigenvalue weighted by molar-refractivity contribution is 0.182. The first-order valence-corrected chi connectivity index (χ1v) is 7.25. The van der Waals surface area contributed by atoms with E-state index in [2.05, 4.69) is 10.3 Å². The molecule has 0 amide bonds. The fourth-order valence-corrected chi connectivity index (χ4v) is 2.91. The summed E-state index contributed by atoms with van der Waals surface area (Å²) in [6.07, 6.45) is 2.83. The lowest BCUT2D eigenvalue weighted by Crippen LogP contribution is -2.36. The Morgan fingerprint density at radius 1 is 1.45 bits per heavy atom. The Hall–Kier alpha value is -1.36. The van der Waals surface area contributed by atoms with E-state index in [1.165, 1.54) is 0 Å². The Labute approximate surface area is 123 Å². The van der Waals surface area contributed by atoms with E-state index in [-0.39, 0.29) is 6.04 Å². The van der Waals surface area contributed by atoms with Gasteiger partial charge in [-0.3, -0.25) is 4.98 Å². The minimum absolute atomic E-state index is 0.198. The van der Waals surface area contributed by atoms with Gasteiger partial charge in [0.15, 0.2) is 0 Å². The SMILES string of the molecule is NCC(Nc1ccc(Cl)c2cccnc12)C1CCOC1. The Balaban J connectivity index is 1.91. The third kappa shape index (κ3) is 2.59. The number of pyridine rings is 1. The summed E-state index contributed by atoms with van der Waals surface area (Å²) in [4.78, 5) is 4.44. The van der Waals surface area contributed by atoms with Gasteiger partial charge in [0, 0.05) is 36.7 Å². The number of anilines is 1. The highest BCUT2D eigenvalue weighted by atomic mass is 35.5. The van der Waals surface area contributed by atoms with Crippen LogP contribution in [0.5, 0.6) is 0 Å². The second-order valence-corrected chi connectivity index (χ2v) is 5.51. The summed E-state index contributed by atoms with van der Waals surface area (Å²) in [6.45, 7) is 2.17. The van der Waals surface area contributed by atoms with Gasteiger partial charge >= 0.3 is 0 Å². The fourth-order valence-electron chi connectivity index (χ4n) is 2.69. The van der Waals surface area contributed by atoms with Crippen molar-refractivity contribution in [3.8, 4) is 0 Å². The lowest BCUT2D eigenvalue weighted by atomic mass is 9.98. The first-order chi connectivity index (χ1) is 9.79. The van der Waals surface area contributed by atoms with E-state index in [4.69, 9.17) is 22.1 Å². The number of rotatable bonds is 4. The van der Waals surface area contributed by atoms with Crippen molar-refractivity contribution in [3.05, 3.63) is 35.5 Å². The Bertz CT molecular complexity index is 599. The average molecular weight is 292 g/mol. The van der Waals surface area contributed by atoms with Gasteiger partial charge < -0.3 is 15.8 Å². The van der Waals surface area contributed by atoms with E-state index in [9.17, 15) is 0 Å². The van der Waals surface area contributed by atoms with E-state index in [1.807, 2.05) is 24.3 Å². The van der Waals surface area contributed by atoms with Crippen LogP contribution >= 0.6 is 11.6 Å². The van der Waals surface area contributed by atoms with Crippen LogP contribution in [0.2, 0.25) is 5.02 Å². The molecular formula is C15H18ClN3O. The molecule has 3 N–H and O–H groups in total. The van der Waals surface area contributed by atoms with Crippen LogP contribution in [0.3, 0.4) is 0 Å². The molecule has 2 heterocycles. The van der Waals surface area contributed by atoms with Crippen molar-refractivity contribution in [1.29, 1.82) is 0 Å². The summed E-state index contributed by atoms with van der Waals surface area (Å²) in [5, 5.41) is 5.19. The molecule has 1 aromatic heterocycles. The van der Waals surface area contributed by atoms with Crippen molar-refractivity contribution in [2.24, 2.45) is 11.7 Å². The largest absolute Gasteiger partial charge is 0.381 e. The van der Waals surface area contributed by atoms with Gasteiger partial charge in [0.1, 0.15) is 0 Å². The number of fused-ring (bicyclic) bond motifs is 1. The van der Waals surface area contributed by atoms with Crippen molar-refractivity contribution >= 4 is 28.2 Å². The highest BCUT2D eigenvalue weighted by Crippen LogP contribution is 2.29. The molecule has 0 aliphatic carbocycles. The molecule has 1 saturated heterocycles. The molecule has 1 aromatic carbocycles. The van der Waals surface area contributed by atoms with Crippen LogP contribution in [0.15, 0.2) is 30.5 Å². The summed E-state index contributed by atoms with van der Waals surface area (Å²) < 4.78 is 5.45. The number of aromatic nitrogens is 1. The smallest absolute Gasteiger partial charge is 0.0948 e. The Kier molecular flexibility index (Phi) is 4.05. The number of benzene rings is 1. The molecular weight excluding hydrogens is 274 g/mol. The van der Waals surface area contributed by atoms with Crippen LogP contribution in [0, 0.1) is 5.92 Å². The first-order valence-electron chi connectivity index (χ1n) is 6.87. The molecule has 106 valence electrons. The Morgan fingerprint density at radius 3 is 3.10 bits per heavy atom. The summed E-state index contributed by atoms with van der Waals surface area (Å²) in [5.41, 5.74) is 7.78. The van der Waals surface area contributed by atoms with Crippen LogP contribution in [0.25, 0.3) is 10.9 Å². The number of nitrogens with zero attached hydrogens (tertiary/aromatic N) is 1. The van der Waals surface area contributed by atoms with Gasteiger partial charge in [-0.2, -0.15) is 0 Å². The minimum atomic E-state index is 0.198. The van der Waals surface area contributed by atoms with Gasteiger partial charge in [-0.1, -0.05) is 11.6 Å². The van der Waals surface area contributed by atoms with Crippen molar-refractivity contribution in [2.75, 3.05) is 25.1 Å². The molecule has 4 nitrogen and oxygen atoms in total. The quantitative estimate of drug-likeness (QED) is 0.909. The summed E-state index contributed by atoms with van der Waals surface area (Å²) in [7, 11) is 0. The van der Waals surface area contributed by atoms with Crippen molar-refractivity contribution in [2.45, 2.75) is 12.5 Å². The molecule has 5 heteroatoms. The number of hydrogen-bond donors (Lipinski definition) is 2.